The third-order valence-corrected chi connectivity index (χ3v) is 8.25. The molecule has 2 fully saturated rings. The van der Waals surface area contributed by atoms with Gasteiger partial charge in [0.15, 0.2) is 0 Å². The maximum atomic E-state index is 13.0. The summed E-state index contributed by atoms with van der Waals surface area (Å²) in [5.41, 5.74) is 6.05. The Hall–Kier alpha value is -0.730. The number of nitrogens with one attached hydrogen (secondary N) is 1. The predicted molar refractivity (Wildman–Crippen MR) is 123 cm³/mol. The van der Waals surface area contributed by atoms with E-state index in [1.54, 1.807) is 11.8 Å². The second-order valence-corrected chi connectivity index (χ2v) is 11.7. The number of amides is 1. The van der Waals surface area contributed by atoms with Crippen LogP contribution in [0.25, 0.3) is 0 Å². The number of benzene rings is 1. The van der Waals surface area contributed by atoms with Crippen molar-refractivity contribution < 1.29 is 9.90 Å². The van der Waals surface area contributed by atoms with Crippen molar-refractivity contribution in [3.8, 4) is 0 Å². The summed E-state index contributed by atoms with van der Waals surface area (Å²) in [5, 5.41) is 14.5. The first-order valence-corrected chi connectivity index (χ1v) is 12.6. The van der Waals surface area contributed by atoms with Gasteiger partial charge in [0.25, 0.3) is 0 Å². The molecule has 0 bridgehead atoms. The molecule has 162 valence electrons. The number of carbonyl (C=O) groups excluding carboxylic acids is 1. The molecular weight excluding hydrogens is 402 g/mol. The highest BCUT2D eigenvalue weighted by atomic mass is 32.2. The average molecular weight is 438 g/mol. The van der Waals surface area contributed by atoms with Gasteiger partial charge in [-0.1, -0.05) is 18.2 Å². The van der Waals surface area contributed by atoms with Crippen molar-refractivity contribution >= 4 is 29.4 Å². The van der Waals surface area contributed by atoms with Crippen LogP contribution >= 0.6 is 23.5 Å². The van der Waals surface area contributed by atoms with E-state index in [-0.39, 0.29) is 23.5 Å². The number of rotatable bonds is 7. The van der Waals surface area contributed by atoms with Crippen LogP contribution in [0.3, 0.4) is 0 Å². The van der Waals surface area contributed by atoms with E-state index in [1.165, 1.54) is 12.2 Å². The van der Waals surface area contributed by atoms with Crippen LogP contribution in [0.5, 0.6) is 0 Å². The number of nitrogens with zero attached hydrogens (tertiary/aromatic N) is 1. The zero-order valence-corrected chi connectivity index (χ0v) is 19.3. The van der Waals surface area contributed by atoms with E-state index in [1.807, 2.05) is 50.7 Å². The Morgan fingerprint density at radius 2 is 2.10 bits per heavy atom. The van der Waals surface area contributed by atoms with Gasteiger partial charge >= 0.3 is 0 Å². The van der Waals surface area contributed by atoms with Crippen LogP contribution in [0.1, 0.15) is 33.6 Å². The summed E-state index contributed by atoms with van der Waals surface area (Å²) in [7, 11) is 0. The molecule has 2 aliphatic rings. The molecule has 7 heteroatoms. The van der Waals surface area contributed by atoms with Crippen LogP contribution < -0.4 is 11.1 Å². The lowest BCUT2D eigenvalue weighted by molar-refractivity contribution is -0.130. The monoisotopic (exact) mass is 437 g/mol. The molecule has 5 atom stereocenters. The van der Waals surface area contributed by atoms with Gasteiger partial charge in [-0.15, -0.1) is 11.8 Å². The van der Waals surface area contributed by atoms with Gasteiger partial charge in [0, 0.05) is 40.6 Å². The van der Waals surface area contributed by atoms with E-state index >= 15 is 0 Å². The molecule has 4 N–H and O–H groups in total. The summed E-state index contributed by atoms with van der Waals surface area (Å²) in [6.07, 6.45) is 1.41. The van der Waals surface area contributed by atoms with Crippen molar-refractivity contribution in [2.24, 2.45) is 11.7 Å². The van der Waals surface area contributed by atoms with E-state index < -0.39 is 6.10 Å². The molecule has 5 nitrogen and oxygen atoms in total. The minimum absolute atomic E-state index is 0.0721. The van der Waals surface area contributed by atoms with E-state index in [4.69, 9.17) is 5.73 Å². The molecule has 29 heavy (non-hydrogen) atoms. The Bertz CT molecular complexity index is 668. The summed E-state index contributed by atoms with van der Waals surface area (Å²) >= 11 is 3.66. The molecular formula is C22H35N3O2S2. The number of aliphatic hydroxyl groups is 1. The zero-order chi connectivity index (χ0) is 21.0. The Morgan fingerprint density at radius 1 is 1.38 bits per heavy atom. The highest BCUT2D eigenvalue weighted by Gasteiger charge is 2.42. The van der Waals surface area contributed by atoms with Crippen LogP contribution in [0.15, 0.2) is 35.2 Å². The summed E-state index contributed by atoms with van der Waals surface area (Å²) < 4.78 is 0. The van der Waals surface area contributed by atoms with Gasteiger partial charge in [0.05, 0.1) is 12.1 Å². The second kappa shape index (κ2) is 10.1. The lowest BCUT2D eigenvalue weighted by atomic mass is 9.89. The van der Waals surface area contributed by atoms with Crippen molar-refractivity contribution in [3.63, 3.8) is 0 Å². The summed E-state index contributed by atoms with van der Waals surface area (Å²) in [6, 6.07) is 9.59. The maximum absolute atomic E-state index is 13.0. The quantitative estimate of drug-likeness (QED) is 0.569. The van der Waals surface area contributed by atoms with Crippen molar-refractivity contribution in [3.05, 3.63) is 30.3 Å². The molecule has 2 aliphatic heterocycles. The van der Waals surface area contributed by atoms with Crippen LogP contribution in [0, 0.1) is 5.92 Å². The lowest BCUT2D eigenvalue weighted by Crippen LogP contribution is -2.59. The zero-order valence-electron chi connectivity index (χ0n) is 17.7. The fraction of sp³-hybridized carbons (Fsp3) is 0.682. The second-order valence-electron chi connectivity index (χ2n) is 9.26. The smallest absolute Gasteiger partial charge is 0.237 e. The van der Waals surface area contributed by atoms with E-state index in [9.17, 15) is 9.90 Å². The van der Waals surface area contributed by atoms with Crippen LogP contribution in [-0.4, -0.2) is 69.5 Å². The SMILES string of the molecule is CC(C)(C)NC(=O)C1CC2SCCC2CN1CC(O)C(N)CSc1ccccc1. The van der Waals surface area contributed by atoms with Crippen molar-refractivity contribution in [1.82, 2.24) is 10.2 Å². The molecule has 1 amide bonds. The minimum atomic E-state index is -0.651. The minimum Gasteiger partial charge on any atom is -0.390 e. The first-order chi connectivity index (χ1) is 13.7. The van der Waals surface area contributed by atoms with Crippen LogP contribution in [-0.2, 0) is 4.79 Å². The van der Waals surface area contributed by atoms with Crippen molar-refractivity contribution in [2.75, 3.05) is 24.6 Å². The molecule has 0 aliphatic carbocycles. The number of thioether (sulfide) groups is 2. The summed E-state index contributed by atoms with van der Waals surface area (Å²) in [5.74, 6) is 2.51. The molecule has 1 aromatic carbocycles. The third kappa shape index (κ3) is 6.62. The molecule has 0 saturated carbocycles. The number of carbonyl (C=O) groups is 1. The first-order valence-electron chi connectivity index (χ1n) is 10.5. The summed E-state index contributed by atoms with van der Waals surface area (Å²) in [4.78, 5) is 16.3. The topological polar surface area (TPSA) is 78.6 Å². The van der Waals surface area contributed by atoms with Gasteiger partial charge in [-0.3, -0.25) is 9.69 Å². The summed E-state index contributed by atoms with van der Waals surface area (Å²) in [6.45, 7) is 7.35. The standard InChI is InChI=1S/C22H35N3O2S2/c1-22(2,3)24-21(27)18-11-20-15(9-10-28-20)12-25(18)13-19(26)17(23)14-29-16-7-5-4-6-8-16/h4-8,15,17-20,26H,9-14,23H2,1-3H3,(H,24,27). The normalized spacial score (nSPS) is 27.3. The van der Waals surface area contributed by atoms with Crippen molar-refractivity contribution in [2.45, 2.75) is 67.5 Å². The number of likely N-dealkylation sites (tertiary alicyclic amines) is 1. The molecule has 1 aromatic rings. The van der Waals surface area contributed by atoms with Crippen LogP contribution in [0.4, 0.5) is 0 Å². The molecule has 2 saturated heterocycles. The number of nitrogens with two attached hydrogens (primary N) is 1. The molecule has 0 radical (unpaired) electrons. The largest absolute Gasteiger partial charge is 0.390 e. The molecule has 0 aromatic heterocycles. The fourth-order valence-electron chi connectivity index (χ4n) is 4.08. The van der Waals surface area contributed by atoms with Gasteiger partial charge in [-0.05, 0) is 57.4 Å². The van der Waals surface area contributed by atoms with Gasteiger partial charge in [-0.2, -0.15) is 11.8 Å². The number of hydrogen-bond donors (Lipinski definition) is 3. The van der Waals surface area contributed by atoms with E-state index in [2.05, 4.69) is 22.3 Å². The van der Waals surface area contributed by atoms with Gasteiger partial charge in [-0.25, -0.2) is 0 Å². The number of β-amino-alcohol motifs (C(OH)–C–C–N with tert-alkyl or cyclic N) is 1. The number of fused-ring (bicyclic) bond motifs is 1. The Morgan fingerprint density at radius 3 is 2.79 bits per heavy atom. The fourth-order valence-corrected chi connectivity index (χ4v) is 6.59. The van der Waals surface area contributed by atoms with E-state index in [0.717, 1.165) is 17.9 Å². The Kier molecular flexibility index (Phi) is 7.95. The van der Waals surface area contributed by atoms with Crippen LogP contribution in [0.2, 0.25) is 0 Å². The van der Waals surface area contributed by atoms with Crippen molar-refractivity contribution in [1.29, 1.82) is 0 Å². The lowest BCUT2D eigenvalue weighted by Gasteiger charge is -2.42. The maximum Gasteiger partial charge on any atom is 0.237 e. The predicted octanol–water partition coefficient (Wildman–Crippen LogP) is 2.58. The van der Waals surface area contributed by atoms with E-state index in [0.29, 0.717) is 23.5 Å². The highest BCUT2D eigenvalue weighted by molar-refractivity contribution is 8.00. The Labute approximate surface area is 183 Å². The number of hydrogen-bond acceptors (Lipinski definition) is 6. The Balaban J connectivity index is 1.60. The first kappa shape index (κ1) is 22.9. The molecule has 0 spiro atoms. The average Bonchev–Trinajstić information content (AvgIpc) is 3.12. The highest BCUT2D eigenvalue weighted by Crippen LogP contribution is 2.40. The number of aliphatic hydroxyl groups excluding tert-OH is 1. The number of piperidine rings is 1. The molecule has 3 rings (SSSR count). The molecule has 2 heterocycles. The van der Waals surface area contributed by atoms with Gasteiger partial charge in [0.1, 0.15) is 0 Å². The third-order valence-electron chi connectivity index (χ3n) is 5.61. The van der Waals surface area contributed by atoms with Gasteiger partial charge in [0.2, 0.25) is 5.91 Å². The van der Waals surface area contributed by atoms with Gasteiger partial charge < -0.3 is 16.2 Å². The molecule has 5 unspecified atom stereocenters.